The van der Waals surface area contributed by atoms with Crippen molar-refractivity contribution in [2.45, 2.75) is 12.2 Å². The summed E-state index contributed by atoms with van der Waals surface area (Å²) in [5, 5.41) is 2.91. The second kappa shape index (κ2) is 7.83. The molecule has 0 atom stereocenters. The van der Waals surface area contributed by atoms with Crippen LogP contribution in [0.4, 0.5) is 5.69 Å². The van der Waals surface area contributed by atoms with Crippen molar-refractivity contribution in [1.29, 1.82) is 0 Å². The van der Waals surface area contributed by atoms with Crippen molar-refractivity contribution in [3.05, 3.63) is 64.1 Å². The minimum atomic E-state index is 0.0497. The highest BCUT2D eigenvalue weighted by atomic mass is 127. The quantitative estimate of drug-likeness (QED) is 0.465. The maximum absolute atomic E-state index is 11.9. The number of pyridine rings is 1. The molecule has 0 aliphatic heterocycles. The van der Waals surface area contributed by atoms with Gasteiger partial charge in [-0.25, -0.2) is 4.98 Å². The summed E-state index contributed by atoms with van der Waals surface area (Å²) < 4.78 is 3.17. The van der Waals surface area contributed by atoms with Gasteiger partial charge in [0.1, 0.15) is 5.65 Å². The van der Waals surface area contributed by atoms with E-state index in [0.29, 0.717) is 6.42 Å². The van der Waals surface area contributed by atoms with Crippen LogP contribution in [0.3, 0.4) is 0 Å². The number of aromatic nitrogens is 2. The Morgan fingerprint density at radius 2 is 2.04 bits per heavy atom. The number of fused-ring (bicyclic) bond motifs is 1. The first-order chi connectivity index (χ1) is 11.2. The maximum Gasteiger partial charge on any atom is 0.225 e. The molecule has 0 aliphatic rings. The van der Waals surface area contributed by atoms with Gasteiger partial charge in [0.25, 0.3) is 0 Å². The number of hydrogen-bond acceptors (Lipinski definition) is 3. The summed E-state index contributed by atoms with van der Waals surface area (Å²) in [7, 11) is 0. The highest BCUT2D eigenvalue weighted by Crippen LogP contribution is 2.15. The predicted octanol–water partition coefficient (Wildman–Crippen LogP) is 4.20. The Labute approximate surface area is 152 Å². The van der Waals surface area contributed by atoms with E-state index in [2.05, 4.69) is 32.9 Å². The molecule has 1 aromatic carbocycles. The van der Waals surface area contributed by atoms with Gasteiger partial charge in [0.2, 0.25) is 5.91 Å². The molecular weight excluding hydrogens is 421 g/mol. The molecule has 0 aliphatic carbocycles. The highest BCUT2D eigenvalue weighted by Gasteiger charge is 2.04. The minimum Gasteiger partial charge on any atom is -0.326 e. The SMILES string of the molecule is O=C(CCSCc1cn2ccccc2n1)Nc1ccc(I)cc1. The van der Waals surface area contributed by atoms with E-state index < -0.39 is 0 Å². The second-order valence-electron chi connectivity index (χ2n) is 5.06. The zero-order valence-electron chi connectivity index (χ0n) is 12.4. The largest absolute Gasteiger partial charge is 0.326 e. The van der Waals surface area contributed by atoms with Crippen LogP contribution in [0.2, 0.25) is 0 Å². The van der Waals surface area contributed by atoms with E-state index in [1.807, 2.05) is 59.3 Å². The molecule has 3 rings (SSSR count). The molecule has 118 valence electrons. The predicted molar refractivity (Wildman–Crippen MR) is 104 cm³/mol. The van der Waals surface area contributed by atoms with Crippen molar-refractivity contribution in [3.63, 3.8) is 0 Å². The molecule has 0 saturated heterocycles. The molecule has 0 fully saturated rings. The summed E-state index contributed by atoms with van der Waals surface area (Å²) in [4.78, 5) is 16.4. The molecule has 6 heteroatoms. The molecule has 0 unspecified atom stereocenters. The Hall–Kier alpha value is -1.54. The van der Waals surface area contributed by atoms with Crippen molar-refractivity contribution >= 4 is 51.6 Å². The number of imidazole rings is 1. The number of nitrogens with one attached hydrogen (secondary N) is 1. The number of amides is 1. The van der Waals surface area contributed by atoms with Crippen molar-refractivity contribution < 1.29 is 4.79 Å². The van der Waals surface area contributed by atoms with Crippen LogP contribution >= 0.6 is 34.4 Å². The number of nitrogens with zero attached hydrogens (tertiary/aromatic N) is 2. The van der Waals surface area contributed by atoms with Gasteiger partial charge in [0, 0.05) is 39.6 Å². The summed E-state index contributed by atoms with van der Waals surface area (Å²) in [6.07, 6.45) is 4.53. The lowest BCUT2D eigenvalue weighted by molar-refractivity contribution is -0.115. The van der Waals surface area contributed by atoms with E-state index in [0.717, 1.165) is 32.1 Å². The number of carbonyl (C=O) groups is 1. The standard InChI is InChI=1S/C17H16IN3OS/c18-13-4-6-14(7-5-13)20-17(22)8-10-23-12-15-11-21-9-2-1-3-16(21)19-15/h1-7,9,11H,8,10,12H2,(H,20,22). The monoisotopic (exact) mass is 437 g/mol. The van der Waals surface area contributed by atoms with Crippen LogP contribution in [0, 0.1) is 3.57 Å². The van der Waals surface area contributed by atoms with Gasteiger partial charge in [-0.05, 0) is 59.0 Å². The van der Waals surface area contributed by atoms with E-state index in [1.54, 1.807) is 11.8 Å². The summed E-state index contributed by atoms with van der Waals surface area (Å²) in [5.74, 6) is 1.65. The van der Waals surface area contributed by atoms with E-state index in [1.165, 1.54) is 0 Å². The average Bonchev–Trinajstić information content (AvgIpc) is 2.96. The summed E-state index contributed by atoms with van der Waals surface area (Å²) in [6, 6.07) is 13.8. The third-order valence-electron chi connectivity index (χ3n) is 3.27. The smallest absolute Gasteiger partial charge is 0.225 e. The third-order valence-corrected chi connectivity index (χ3v) is 4.98. The van der Waals surface area contributed by atoms with Crippen LogP contribution in [0.15, 0.2) is 54.9 Å². The Balaban J connectivity index is 1.42. The molecule has 23 heavy (non-hydrogen) atoms. The summed E-state index contributed by atoms with van der Waals surface area (Å²) >= 11 is 3.97. The fourth-order valence-corrected chi connectivity index (χ4v) is 3.34. The molecule has 1 N–H and O–H groups in total. The molecule has 1 amide bonds. The lowest BCUT2D eigenvalue weighted by atomic mass is 10.3. The first kappa shape index (κ1) is 16.3. The first-order valence-electron chi connectivity index (χ1n) is 7.26. The number of hydrogen-bond donors (Lipinski definition) is 1. The van der Waals surface area contributed by atoms with E-state index in [-0.39, 0.29) is 5.91 Å². The van der Waals surface area contributed by atoms with Gasteiger partial charge >= 0.3 is 0 Å². The number of anilines is 1. The molecule has 3 aromatic rings. The Morgan fingerprint density at radius 3 is 2.83 bits per heavy atom. The van der Waals surface area contributed by atoms with Gasteiger partial charge in [-0.1, -0.05) is 6.07 Å². The Bertz CT molecular complexity index is 768. The number of thioether (sulfide) groups is 1. The van der Waals surface area contributed by atoms with Crippen LogP contribution in [0.1, 0.15) is 12.1 Å². The molecule has 2 aromatic heterocycles. The van der Waals surface area contributed by atoms with Gasteiger partial charge in [0.05, 0.1) is 5.69 Å². The van der Waals surface area contributed by atoms with Gasteiger partial charge in [-0.15, -0.1) is 0 Å². The Kier molecular flexibility index (Phi) is 5.56. The lowest BCUT2D eigenvalue weighted by Gasteiger charge is -2.05. The number of halogens is 1. The summed E-state index contributed by atoms with van der Waals surface area (Å²) in [6.45, 7) is 0. The van der Waals surface area contributed by atoms with Crippen molar-refractivity contribution in [3.8, 4) is 0 Å². The zero-order valence-corrected chi connectivity index (χ0v) is 15.4. The number of carbonyl (C=O) groups excluding carboxylic acids is 1. The Morgan fingerprint density at radius 1 is 1.22 bits per heavy atom. The molecule has 4 nitrogen and oxygen atoms in total. The zero-order chi connectivity index (χ0) is 16.1. The van der Waals surface area contributed by atoms with Crippen LogP contribution in [-0.4, -0.2) is 21.0 Å². The third kappa shape index (κ3) is 4.71. The van der Waals surface area contributed by atoms with Gasteiger partial charge in [-0.2, -0.15) is 11.8 Å². The fourth-order valence-electron chi connectivity index (χ4n) is 2.16. The van der Waals surface area contributed by atoms with Gasteiger partial charge in [-0.3, -0.25) is 4.79 Å². The molecule has 0 radical (unpaired) electrons. The van der Waals surface area contributed by atoms with Crippen LogP contribution in [0.25, 0.3) is 5.65 Å². The number of rotatable bonds is 6. The molecule has 0 bridgehead atoms. The van der Waals surface area contributed by atoms with Crippen molar-refractivity contribution in [2.75, 3.05) is 11.1 Å². The fraction of sp³-hybridized carbons (Fsp3) is 0.176. The van der Waals surface area contributed by atoms with E-state index in [4.69, 9.17) is 0 Å². The number of benzene rings is 1. The minimum absolute atomic E-state index is 0.0497. The van der Waals surface area contributed by atoms with E-state index in [9.17, 15) is 4.79 Å². The van der Waals surface area contributed by atoms with Gasteiger partial charge in [0.15, 0.2) is 0 Å². The van der Waals surface area contributed by atoms with Crippen LogP contribution in [-0.2, 0) is 10.5 Å². The van der Waals surface area contributed by atoms with Crippen LogP contribution < -0.4 is 5.32 Å². The second-order valence-corrected chi connectivity index (χ2v) is 7.41. The molecular formula is C17H16IN3OS. The normalized spacial score (nSPS) is 10.8. The topological polar surface area (TPSA) is 46.4 Å². The molecule has 2 heterocycles. The van der Waals surface area contributed by atoms with Gasteiger partial charge < -0.3 is 9.72 Å². The average molecular weight is 437 g/mol. The summed E-state index contributed by atoms with van der Waals surface area (Å²) in [5.41, 5.74) is 2.85. The first-order valence-corrected chi connectivity index (χ1v) is 9.50. The van der Waals surface area contributed by atoms with Crippen molar-refractivity contribution in [1.82, 2.24) is 9.38 Å². The van der Waals surface area contributed by atoms with E-state index >= 15 is 0 Å². The molecule has 0 saturated carbocycles. The van der Waals surface area contributed by atoms with Crippen molar-refractivity contribution in [2.24, 2.45) is 0 Å². The maximum atomic E-state index is 11.9. The lowest BCUT2D eigenvalue weighted by Crippen LogP contribution is -2.12. The highest BCUT2D eigenvalue weighted by molar-refractivity contribution is 14.1. The van der Waals surface area contributed by atoms with Crippen LogP contribution in [0.5, 0.6) is 0 Å². The molecule has 0 spiro atoms.